The summed E-state index contributed by atoms with van der Waals surface area (Å²) in [7, 11) is 1.05. The summed E-state index contributed by atoms with van der Waals surface area (Å²) in [5, 5.41) is 1.10. The van der Waals surface area contributed by atoms with E-state index < -0.39 is 0 Å². The first kappa shape index (κ1) is 14.8. The van der Waals surface area contributed by atoms with E-state index in [1.807, 2.05) is 0 Å². The summed E-state index contributed by atoms with van der Waals surface area (Å²) in [4.78, 5) is 1.14. The van der Waals surface area contributed by atoms with Crippen LogP contribution in [0.3, 0.4) is 0 Å². The van der Waals surface area contributed by atoms with Gasteiger partial charge in [-0.2, -0.15) is 0 Å². The van der Waals surface area contributed by atoms with E-state index in [2.05, 4.69) is 67.5 Å². The van der Waals surface area contributed by atoms with Crippen molar-refractivity contribution >= 4 is 60.6 Å². The van der Waals surface area contributed by atoms with E-state index in [1.54, 1.807) is 0 Å². The molecule has 16 heavy (non-hydrogen) atoms. The largest absolute Gasteiger partial charge is 0.337 e. The smallest absolute Gasteiger partial charge is 0.173 e. The Balaban J connectivity index is 3.40. The lowest BCUT2D eigenvalue weighted by molar-refractivity contribution is 0.521. The highest BCUT2D eigenvalue weighted by molar-refractivity contribution is 14.1. The van der Waals surface area contributed by atoms with Crippen LogP contribution in [0.5, 0.6) is 0 Å². The Morgan fingerprint density at radius 2 is 1.81 bits per heavy atom. The molecule has 0 aliphatic rings. The zero-order valence-corrected chi connectivity index (χ0v) is 14.2. The summed E-state index contributed by atoms with van der Waals surface area (Å²) in [6, 6.07) is 0.443. The van der Waals surface area contributed by atoms with Crippen LogP contribution in [0, 0.1) is 0 Å². The molecular weight excluding hydrogens is 348 g/mol. The first-order valence-electron chi connectivity index (χ1n) is 5.62. The van der Waals surface area contributed by atoms with Crippen molar-refractivity contribution in [3.63, 3.8) is 0 Å². The van der Waals surface area contributed by atoms with Crippen molar-refractivity contribution in [2.24, 2.45) is 0 Å². The number of rotatable bonds is 4. The zero-order valence-electron chi connectivity index (χ0n) is 10.3. The number of thiol groups is 2. The highest BCUT2D eigenvalue weighted by Gasteiger charge is 2.21. The maximum atomic E-state index is 4.70. The van der Waals surface area contributed by atoms with Gasteiger partial charge in [0.15, 0.2) is 7.28 Å². The molecule has 1 aromatic rings. The van der Waals surface area contributed by atoms with E-state index in [4.69, 9.17) is 12.6 Å². The molecular formula is C11H19BINS2. The summed E-state index contributed by atoms with van der Waals surface area (Å²) in [6.07, 6.45) is 0. The second-order valence-corrected chi connectivity index (χ2v) is 6.54. The van der Waals surface area contributed by atoms with E-state index in [0.29, 0.717) is 12.0 Å². The van der Waals surface area contributed by atoms with Gasteiger partial charge >= 0.3 is 0 Å². The molecule has 90 valence electrons. The Morgan fingerprint density at radius 1 is 1.25 bits per heavy atom. The van der Waals surface area contributed by atoms with Crippen LogP contribution in [-0.4, -0.2) is 16.2 Å². The summed E-state index contributed by atoms with van der Waals surface area (Å²) in [5.74, 6) is 0.490. The highest BCUT2D eigenvalue weighted by atomic mass is 127. The zero-order chi connectivity index (χ0) is 12.5. The number of aromatic nitrogens is 1. The van der Waals surface area contributed by atoms with Crippen molar-refractivity contribution in [2.75, 3.05) is 4.33 Å². The van der Waals surface area contributed by atoms with Gasteiger partial charge in [0.2, 0.25) is 0 Å². The van der Waals surface area contributed by atoms with Crippen molar-refractivity contribution < 1.29 is 0 Å². The van der Waals surface area contributed by atoms with Gasteiger partial charge in [0.05, 0.1) is 5.03 Å². The monoisotopic (exact) mass is 367 g/mol. The van der Waals surface area contributed by atoms with Crippen LogP contribution in [-0.2, 0) is 0 Å². The fourth-order valence-corrected chi connectivity index (χ4v) is 3.81. The van der Waals surface area contributed by atoms with Crippen molar-refractivity contribution in [2.45, 2.75) is 49.6 Å². The minimum atomic E-state index is 0.443. The number of hydrogen-bond acceptors (Lipinski definition) is 2. The number of nitrogens with zero attached hydrogens (tertiary/aromatic N) is 1. The molecule has 0 fully saturated rings. The van der Waals surface area contributed by atoms with Crippen LogP contribution in [0.4, 0.5) is 0 Å². The Kier molecular flexibility index (Phi) is 5.65. The van der Waals surface area contributed by atoms with E-state index in [0.717, 1.165) is 21.5 Å². The van der Waals surface area contributed by atoms with Crippen LogP contribution >= 0.6 is 47.8 Å². The molecule has 0 N–H and O–H groups in total. The lowest BCUT2D eigenvalue weighted by Gasteiger charge is -2.17. The van der Waals surface area contributed by atoms with Gasteiger partial charge in [-0.25, -0.2) is 0 Å². The van der Waals surface area contributed by atoms with E-state index in [9.17, 15) is 0 Å². The van der Waals surface area contributed by atoms with Gasteiger partial charge in [-0.05, 0) is 29.6 Å². The predicted octanol–water partition coefficient (Wildman–Crippen LogP) is 3.22. The Hall–Kier alpha value is 0.775. The van der Waals surface area contributed by atoms with Crippen molar-refractivity contribution in [1.82, 2.24) is 4.57 Å². The van der Waals surface area contributed by atoms with E-state index in [1.165, 1.54) is 11.2 Å². The molecule has 0 amide bonds. The summed E-state index contributed by atoms with van der Waals surface area (Å²) >= 11 is 11.8. The SMILES string of the molecule is CC(C)c1c(S)c(BCI)c(S)n1C(C)C. The molecule has 0 radical (unpaired) electrons. The van der Waals surface area contributed by atoms with Crippen LogP contribution in [0.25, 0.3) is 0 Å². The van der Waals surface area contributed by atoms with Crippen molar-refractivity contribution in [1.29, 1.82) is 0 Å². The molecule has 0 aliphatic heterocycles. The third-order valence-corrected chi connectivity index (χ3v) is 4.22. The molecule has 0 aliphatic carbocycles. The lowest BCUT2D eigenvalue weighted by Crippen LogP contribution is -2.18. The Labute approximate surface area is 124 Å². The lowest BCUT2D eigenvalue weighted by atomic mass is 9.74. The molecule has 0 atom stereocenters. The fourth-order valence-electron chi connectivity index (χ4n) is 2.03. The quantitative estimate of drug-likeness (QED) is 0.349. The first-order chi connectivity index (χ1) is 7.41. The third-order valence-electron chi connectivity index (χ3n) is 2.69. The van der Waals surface area contributed by atoms with Crippen LogP contribution in [0.2, 0.25) is 0 Å². The Bertz CT molecular complexity index is 343. The van der Waals surface area contributed by atoms with Gasteiger partial charge in [-0.3, -0.25) is 0 Å². The van der Waals surface area contributed by atoms with Crippen LogP contribution < -0.4 is 5.46 Å². The summed E-state index contributed by atoms with van der Waals surface area (Å²) < 4.78 is 3.43. The van der Waals surface area contributed by atoms with Crippen LogP contribution in [0.15, 0.2) is 9.92 Å². The second-order valence-electron chi connectivity index (χ2n) is 4.59. The highest BCUT2D eigenvalue weighted by Crippen LogP contribution is 2.30. The normalized spacial score (nSPS) is 11.6. The first-order valence-corrected chi connectivity index (χ1v) is 8.04. The molecule has 1 rings (SSSR count). The summed E-state index contributed by atoms with van der Waals surface area (Å²) in [5.41, 5.74) is 2.63. The molecule has 1 heterocycles. The molecule has 5 heteroatoms. The van der Waals surface area contributed by atoms with E-state index in [-0.39, 0.29) is 0 Å². The minimum absolute atomic E-state index is 0.443. The fraction of sp³-hybridized carbons (Fsp3) is 0.636. The Morgan fingerprint density at radius 3 is 2.12 bits per heavy atom. The molecule has 0 saturated heterocycles. The van der Waals surface area contributed by atoms with Crippen molar-refractivity contribution in [3.05, 3.63) is 5.69 Å². The topological polar surface area (TPSA) is 4.93 Å². The molecule has 0 bridgehead atoms. The van der Waals surface area contributed by atoms with Gasteiger partial charge in [0.25, 0.3) is 0 Å². The molecule has 1 nitrogen and oxygen atoms in total. The van der Waals surface area contributed by atoms with Crippen LogP contribution in [0.1, 0.15) is 45.3 Å². The third kappa shape index (κ3) is 2.78. The van der Waals surface area contributed by atoms with Gasteiger partial charge in [0.1, 0.15) is 0 Å². The predicted molar refractivity (Wildman–Crippen MR) is 89.1 cm³/mol. The van der Waals surface area contributed by atoms with E-state index >= 15 is 0 Å². The molecule has 1 aromatic heterocycles. The maximum Gasteiger partial charge on any atom is 0.173 e. The van der Waals surface area contributed by atoms with Crippen molar-refractivity contribution in [3.8, 4) is 0 Å². The number of hydrogen-bond donors (Lipinski definition) is 2. The number of alkyl halides is 1. The average Bonchev–Trinajstić information content (AvgIpc) is 2.42. The van der Waals surface area contributed by atoms with Gasteiger partial charge in [-0.1, -0.05) is 36.4 Å². The summed E-state index contributed by atoms with van der Waals surface area (Å²) in [6.45, 7) is 8.84. The van der Waals surface area contributed by atoms with Gasteiger partial charge in [0, 0.05) is 16.6 Å². The molecule has 0 aromatic carbocycles. The van der Waals surface area contributed by atoms with Gasteiger partial charge in [-0.15, -0.1) is 25.3 Å². The second kappa shape index (κ2) is 6.09. The average molecular weight is 367 g/mol. The molecule has 0 spiro atoms. The minimum Gasteiger partial charge on any atom is -0.337 e. The number of halogens is 1. The molecule has 0 unspecified atom stereocenters. The standard InChI is InChI=1S/C11H19BINS2/c1-6(2)9-10(15)8(12-5-13)11(16)14(9)7(3)4/h6-7,12,15-16H,5H2,1-4H3. The maximum absolute atomic E-state index is 4.70. The van der Waals surface area contributed by atoms with Gasteiger partial charge < -0.3 is 4.57 Å². The molecule has 0 saturated carbocycles.